The van der Waals surface area contributed by atoms with Crippen molar-refractivity contribution in [3.63, 3.8) is 0 Å². The first-order valence-corrected chi connectivity index (χ1v) is 6.75. The number of amides is 1. The van der Waals surface area contributed by atoms with Gasteiger partial charge in [0.2, 0.25) is 5.91 Å². The Morgan fingerprint density at radius 1 is 1.42 bits per heavy atom. The van der Waals surface area contributed by atoms with Crippen LogP contribution in [0.2, 0.25) is 0 Å². The van der Waals surface area contributed by atoms with Crippen LogP contribution in [0.1, 0.15) is 18.4 Å². The Morgan fingerprint density at radius 2 is 2.26 bits per heavy atom. The topological polar surface area (TPSA) is 56.3 Å². The fourth-order valence-electron chi connectivity index (χ4n) is 2.90. The van der Waals surface area contributed by atoms with Gasteiger partial charge in [-0.2, -0.15) is 0 Å². The van der Waals surface area contributed by atoms with Crippen LogP contribution >= 0.6 is 0 Å². The molecule has 3 rings (SSSR count). The molecule has 19 heavy (non-hydrogen) atoms. The number of fused-ring (bicyclic) bond motifs is 1. The molecule has 2 N–H and O–H groups in total. The molecule has 2 heterocycles. The predicted molar refractivity (Wildman–Crippen MR) is 73.8 cm³/mol. The van der Waals surface area contributed by atoms with Crippen molar-refractivity contribution in [2.45, 2.75) is 25.3 Å². The number of likely N-dealkylation sites (tertiary alicyclic amines) is 1. The van der Waals surface area contributed by atoms with E-state index in [0.29, 0.717) is 6.42 Å². The van der Waals surface area contributed by atoms with Crippen LogP contribution in [-0.2, 0) is 11.2 Å². The van der Waals surface area contributed by atoms with E-state index in [1.165, 1.54) is 0 Å². The van der Waals surface area contributed by atoms with Crippen molar-refractivity contribution in [3.05, 3.63) is 36.0 Å². The van der Waals surface area contributed by atoms with E-state index in [1.54, 1.807) is 0 Å². The average molecular weight is 258 g/mol. The van der Waals surface area contributed by atoms with Gasteiger partial charge in [0.05, 0.1) is 19.1 Å². The highest BCUT2D eigenvalue weighted by atomic mass is 16.3. The summed E-state index contributed by atoms with van der Waals surface area (Å²) < 4.78 is 0. The lowest BCUT2D eigenvalue weighted by Crippen LogP contribution is -2.38. The highest BCUT2D eigenvalue weighted by Crippen LogP contribution is 2.22. The van der Waals surface area contributed by atoms with Crippen LogP contribution in [0.15, 0.2) is 30.5 Å². The summed E-state index contributed by atoms with van der Waals surface area (Å²) in [4.78, 5) is 17.3. The fraction of sp³-hybridized carbons (Fsp3) is 0.400. The van der Waals surface area contributed by atoms with E-state index in [2.05, 4.69) is 4.98 Å². The fourth-order valence-corrected chi connectivity index (χ4v) is 2.90. The van der Waals surface area contributed by atoms with E-state index in [1.807, 2.05) is 35.4 Å². The normalized spacial score (nSPS) is 19.2. The summed E-state index contributed by atoms with van der Waals surface area (Å²) in [6, 6.07) is 8.01. The number of aliphatic hydroxyl groups excluding tert-OH is 1. The Labute approximate surface area is 112 Å². The third kappa shape index (κ3) is 2.24. The zero-order valence-corrected chi connectivity index (χ0v) is 10.8. The van der Waals surface area contributed by atoms with Crippen LogP contribution in [0.3, 0.4) is 0 Å². The van der Waals surface area contributed by atoms with Crippen LogP contribution < -0.4 is 0 Å². The van der Waals surface area contributed by atoms with E-state index in [4.69, 9.17) is 0 Å². The molecule has 1 aliphatic rings. The number of aromatic nitrogens is 1. The van der Waals surface area contributed by atoms with Gasteiger partial charge in [0.1, 0.15) is 0 Å². The largest absolute Gasteiger partial charge is 0.394 e. The van der Waals surface area contributed by atoms with Crippen molar-refractivity contribution in [2.24, 2.45) is 0 Å². The first-order valence-electron chi connectivity index (χ1n) is 6.75. The molecule has 0 aliphatic carbocycles. The second kappa shape index (κ2) is 5.05. The number of aromatic amines is 1. The summed E-state index contributed by atoms with van der Waals surface area (Å²) in [6.45, 7) is 0.839. The van der Waals surface area contributed by atoms with Gasteiger partial charge in [-0.05, 0) is 24.5 Å². The average Bonchev–Trinajstić information content (AvgIpc) is 3.05. The summed E-state index contributed by atoms with van der Waals surface area (Å²) in [5.74, 6) is 0.112. The third-order valence-corrected chi connectivity index (χ3v) is 3.92. The quantitative estimate of drug-likeness (QED) is 0.880. The van der Waals surface area contributed by atoms with Crippen molar-refractivity contribution in [3.8, 4) is 0 Å². The van der Waals surface area contributed by atoms with Gasteiger partial charge in [-0.15, -0.1) is 0 Å². The Balaban J connectivity index is 1.79. The van der Waals surface area contributed by atoms with Gasteiger partial charge in [-0.1, -0.05) is 18.2 Å². The summed E-state index contributed by atoms with van der Waals surface area (Å²) >= 11 is 0. The molecule has 0 bridgehead atoms. The lowest BCUT2D eigenvalue weighted by atomic mass is 10.1. The minimum atomic E-state index is 0.0118. The molecule has 1 aromatic carbocycles. The molecule has 4 heteroatoms. The van der Waals surface area contributed by atoms with Gasteiger partial charge in [0, 0.05) is 23.6 Å². The number of para-hydroxylation sites is 1. The van der Waals surface area contributed by atoms with E-state index in [9.17, 15) is 9.90 Å². The van der Waals surface area contributed by atoms with E-state index in [-0.39, 0.29) is 18.6 Å². The maximum absolute atomic E-state index is 12.3. The number of aliphatic hydroxyl groups is 1. The summed E-state index contributed by atoms with van der Waals surface area (Å²) in [7, 11) is 0. The van der Waals surface area contributed by atoms with Gasteiger partial charge in [0.25, 0.3) is 0 Å². The van der Waals surface area contributed by atoms with Gasteiger partial charge in [0.15, 0.2) is 0 Å². The van der Waals surface area contributed by atoms with Crippen molar-refractivity contribution in [1.29, 1.82) is 0 Å². The van der Waals surface area contributed by atoms with Crippen LogP contribution in [0.5, 0.6) is 0 Å². The van der Waals surface area contributed by atoms with E-state index < -0.39 is 0 Å². The number of carbonyl (C=O) groups is 1. The minimum absolute atomic E-state index is 0.0118. The molecule has 0 unspecified atom stereocenters. The predicted octanol–water partition coefficient (Wildman–Crippen LogP) is 1.69. The number of nitrogens with zero attached hydrogens (tertiary/aromatic N) is 1. The summed E-state index contributed by atoms with van der Waals surface area (Å²) in [5.41, 5.74) is 2.09. The number of H-pyrrole nitrogens is 1. The number of benzene rings is 1. The molecule has 1 atom stereocenters. The summed E-state index contributed by atoms with van der Waals surface area (Å²) in [5, 5.41) is 10.4. The van der Waals surface area contributed by atoms with Crippen LogP contribution in [0.25, 0.3) is 10.9 Å². The lowest BCUT2D eigenvalue weighted by molar-refractivity contribution is -0.131. The number of carbonyl (C=O) groups excluding carboxylic acids is 1. The van der Waals surface area contributed by atoms with Crippen molar-refractivity contribution in [1.82, 2.24) is 9.88 Å². The second-order valence-electron chi connectivity index (χ2n) is 5.10. The number of hydrogen-bond acceptors (Lipinski definition) is 2. The first kappa shape index (κ1) is 12.2. The standard InChI is InChI=1S/C15H18N2O2/c18-10-12-4-3-7-17(12)15(19)8-11-9-16-14-6-2-1-5-13(11)14/h1-2,5-6,9,12,16,18H,3-4,7-8,10H2/t12-/m1/s1. The van der Waals surface area contributed by atoms with E-state index >= 15 is 0 Å². The second-order valence-corrected chi connectivity index (χ2v) is 5.10. The van der Waals surface area contributed by atoms with Crippen molar-refractivity contribution >= 4 is 16.8 Å². The smallest absolute Gasteiger partial charge is 0.227 e. The zero-order valence-electron chi connectivity index (χ0n) is 10.8. The molecule has 4 nitrogen and oxygen atoms in total. The van der Waals surface area contributed by atoms with Gasteiger partial charge < -0.3 is 15.0 Å². The molecule has 1 saturated heterocycles. The molecule has 100 valence electrons. The highest BCUT2D eigenvalue weighted by Gasteiger charge is 2.28. The third-order valence-electron chi connectivity index (χ3n) is 3.92. The molecular weight excluding hydrogens is 240 g/mol. The SMILES string of the molecule is O=C(Cc1c[nH]c2ccccc12)N1CCC[C@@H]1CO. The molecule has 2 aromatic rings. The molecule has 1 aromatic heterocycles. The molecule has 1 aliphatic heterocycles. The Bertz CT molecular complexity index is 591. The van der Waals surface area contributed by atoms with E-state index in [0.717, 1.165) is 35.9 Å². The molecule has 1 amide bonds. The highest BCUT2D eigenvalue weighted by molar-refractivity contribution is 5.89. The van der Waals surface area contributed by atoms with Gasteiger partial charge >= 0.3 is 0 Å². The van der Waals surface area contributed by atoms with Crippen LogP contribution in [0, 0.1) is 0 Å². The first-order chi connectivity index (χ1) is 9.29. The van der Waals surface area contributed by atoms with Gasteiger partial charge in [-0.25, -0.2) is 0 Å². The molecule has 1 fully saturated rings. The molecular formula is C15H18N2O2. The maximum atomic E-state index is 12.3. The molecule has 0 spiro atoms. The maximum Gasteiger partial charge on any atom is 0.227 e. The van der Waals surface area contributed by atoms with Crippen molar-refractivity contribution < 1.29 is 9.90 Å². The number of hydrogen-bond donors (Lipinski definition) is 2. The zero-order chi connectivity index (χ0) is 13.2. The Hall–Kier alpha value is -1.81. The van der Waals surface area contributed by atoms with Crippen molar-refractivity contribution in [2.75, 3.05) is 13.2 Å². The van der Waals surface area contributed by atoms with Crippen LogP contribution in [-0.4, -0.2) is 40.1 Å². The molecule has 0 radical (unpaired) electrons. The Morgan fingerprint density at radius 3 is 3.11 bits per heavy atom. The molecule has 0 saturated carbocycles. The number of nitrogens with one attached hydrogen (secondary N) is 1. The van der Waals surface area contributed by atoms with Crippen LogP contribution in [0.4, 0.5) is 0 Å². The number of rotatable bonds is 3. The Kier molecular flexibility index (Phi) is 3.25. The summed E-state index contributed by atoms with van der Waals surface area (Å²) in [6.07, 6.45) is 4.22. The monoisotopic (exact) mass is 258 g/mol. The van der Waals surface area contributed by atoms with Gasteiger partial charge in [-0.3, -0.25) is 4.79 Å². The minimum Gasteiger partial charge on any atom is -0.394 e. The lowest BCUT2D eigenvalue weighted by Gasteiger charge is -2.22.